The Morgan fingerprint density at radius 3 is 2.84 bits per heavy atom. The monoisotopic (exact) mass is 460 g/mol. The molecule has 1 aromatic rings. The zero-order valence-electron chi connectivity index (χ0n) is 15.1. The van der Waals surface area contributed by atoms with Crippen molar-refractivity contribution in [2.75, 3.05) is 53.6 Å². The molecule has 1 N–H and O–H groups in total. The Bertz CT molecular complexity index is 543. The summed E-state index contributed by atoms with van der Waals surface area (Å²) < 4.78 is 11.1. The number of guanidine groups is 1. The summed E-state index contributed by atoms with van der Waals surface area (Å²) in [5, 5.41) is 3.36. The second kappa shape index (κ2) is 10.3. The predicted molar refractivity (Wildman–Crippen MR) is 111 cm³/mol. The Morgan fingerprint density at radius 2 is 2.12 bits per heavy atom. The average molecular weight is 460 g/mol. The number of likely N-dealkylation sites (tertiary alicyclic amines) is 1. The molecule has 2 atom stereocenters. The van der Waals surface area contributed by atoms with Gasteiger partial charge in [0, 0.05) is 46.9 Å². The van der Waals surface area contributed by atoms with E-state index < -0.39 is 0 Å². The van der Waals surface area contributed by atoms with E-state index in [1.165, 1.54) is 5.56 Å². The van der Waals surface area contributed by atoms with Crippen molar-refractivity contribution in [2.45, 2.75) is 18.7 Å². The Morgan fingerprint density at radius 1 is 1.32 bits per heavy atom. The number of rotatable bonds is 5. The van der Waals surface area contributed by atoms with Gasteiger partial charge in [-0.2, -0.15) is 0 Å². The van der Waals surface area contributed by atoms with Gasteiger partial charge in [-0.1, -0.05) is 30.3 Å². The topological polar surface area (TPSA) is 49.3 Å². The summed E-state index contributed by atoms with van der Waals surface area (Å²) in [7, 11) is 3.55. The fourth-order valence-corrected chi connectivity index (χ4v) is 3.54. The molecule has 6 nitrogen and oxygen atoms in total. The van der Waals surface area contributed by atoms with Crippen molar-refractivity contribution in [3.8, 4) is 0 Å². The molecule has 0 spiro atoms. The molecule has 2 aliphatic rings. The van der Waals surface area contributed by atoms with Crippen molar-refractivity contribution >= 4 is 29.9 Å². The summed E-state index contributed by atoms with van der Waals surface area (Å²) >= 11 is 0. The van der Waals surface area contributed by atoms with Crippen LogP contribution in [0.4, 0.5) is 0 Å². The third-order valence-corrected chi connectivity index (χ3v) is 4.75. The van der Waals surface area contributed by atoms with Crippen LogP contribution in [0.2, 0.25) is 0 Å². The Labute approximate surface area is 167 Å². The van der Waals surface area contributed by atoms with Crippen LogP contribution in [0.5, 0.6) is 0 Å². The van der Waals surface area contributed by atoms with Gasteiger partial charge < -0.3 is 19.7 Å². The number of methoxy groups -OCH3 is 1. The molecule has 0 bridgehead atoms. The number of fused-ring (bicyclic) bond motifs is 1. The lowest BCUT2D eigenvalue weighted by Crippen LogP contribution is -2.50. The van der Waals surface area contributed by atoms with Crippen LogP contribution in [-0.2, 0) is 16.0 Å². The zero-order valence-corrected chi connectivity index (χ0v) is 17.4. The smallest absolute Gasteiger partial charge is 0.193 e. The summed E-state index contributed by atoms with van der Waals surface area (Å²) in [6.45, 7) is 6.05. The number of hydrogen-bond donors (Lipinski definition) is 1. The van der Waals surface area contributed by atoms with Crippen LogP contribution >= 0.6 is 24.0 Å². The highest BCUT2D eigenvalue weighted by molar-refractivity contribution is 14.0. The number of ether oxygens (including phenoxy) is 2. The van der Waals surface area contributed by atoms with Crippen LogP contribution in [0.1, 0.15) is 5.56 Å². The lowest BCUT2D eigenvalue weighted by atomic mass is 10.1. The van der Waals surface area contributed by atoms with Gasteiger partial charge in [0.05, 0.1) is 25.4 Å². The van der Waals surface area contributed by atoms with Gasteiger partial charge in [0.15, 0.2) is 5.96 Å². The van der Waals surface area contributed by atoms with E-state index in [1.807, 2.05) is 7.05 Å². The van der Waals surface area contributed by atoms with Crippen molar-refractivity contribution in [2.24, 2.45) is 4.99 Å². The highest BCUT2D eigenvalue weighted by Gasteiger charge is 2.41. The fraction of sp³-hybridized carbons (Fsp3) is 0.611. The van der Waals surface area contributed by atoms with Gasteiger partial charge in [-0.15, -0.1) is 24.0 Å². The van der Waals surface area contributed by atoms with E-state index >= 15 is 0 Å². The third-order valence-electron chi connectivity index (χ3n) is 4.75. The van der Waals surface area contributed by atoms with Gasteiger partial charge in [0.25, 0.3) is 0 Å². The first-order valence-corrected chi connectivity index (χ1v) is 8.66. The van der Waals surface area contributed by atoms with Gasteiger partial charge in [-0.3, -0.25) is 9.89 Å². The van der Waals surface area contributed by atoms with Gasteiger partial charge in [-0.05, 0) is 5.56 Å². The molecule has 0 amide bonds. The number of nitrogens with zero attached hydrogens (tertiary/aromatic N) is 3. The molecule has 0 radical (unpaired) electrons. The van der Waals surface area contributed by atoms with Crippen molar-refractivity contribution in [3.63, 3.8) is 0 Å². The molecule has 2 heterocycles. The Balaban J connectivity index is 0.00000225. The van der Waals surface area contributed by atoms with Crippen molar-refractivity contribution < 1.29 is 9.47 Å². The number of hydrogen-bond acceptors (Lipinski definition) is 4. The summed E-state index contributed by atoms with van der Waals surface area (Å²) in [6, 6.07) is 11.1. The van der Waals surface area contributed by atoms with E-state index in [9.17, 15) is 0 Å². The largest absolute Gasteiger partial charge is 0.383 e. The number of morpholine rings is 1. The number of halogens is 1. The first-order chi connectivity index (χ1) is 11.8. The maximum absolute atomic E-state index is 6.03. The normalized spacial score (nSPS) is 23.9. The van der Waals surface area contributed by atoms with Gasteiger partial charge in [0.2, 0.25) is 0 Å². The van der Waals surface area contributed by atoms with Crippen LogP contribution in [-0.4, -0.2) is 81.5 Å². The van der Waals surface area contributed by atoms with Crippen LogP contribution in [0.3, 0.4) is 0 Å². The van der Waals surface area contributed by atoms with E-state index in [2.05, 4.69) is 50.4 Å². The van der Waals surface area contributed by atoms with E-state index in [0.717, 1.165) is 45.3 Å². The molecule has 0 saturated carbocycles. The average Bonchev–Trinajstić information content (AvgIpc) is 3.05. The molecule has 0 aliphatic carbocycles. The highest BCUT2D eigenvalue weighted by atomic mass is 127. The lowest BCUT2D eigenvalue weighted by molar-refractivity contribution is -0.0502. The first kappa shape index (κ1) is 20.4. The number of benzene rings is 1. The Kier molecular flexibility index (Phi) is 8.41. The molecule has 0 aromatic heterocycles. The van der Waals surface area contributed by atoms with E-state index in [4.69, 9.17) is 9.47 Å². The first-order valence-electron chi connectivity index (χ1n) is 8.66. The fourth-order valence-electron chi connectivity index (χ4n) is 3.54. The van der Waals surface area contributed by atoms with E-state index in [-0.39, 0.29) is 30.1 Å². The minimum absolute atomic E-state index is 0. The highest BCUT2D eigenvalue weighted by Crippen LogP contribution is 2.24. The molecule has 2 saturated heterocycles. The van der Waals surface area contributed by atoms with E-state index in [0.29, 0.717) is 12.6 Å². The zero-order chi connectivity index (χ0) is 16.8. The van der Waals surface area contributed by atoms with Crippen LogP contribution < -0.4 is 5.32 Å². The summed E-state index contributed by atoms with van der Waals surface area (Å²) in [5.41, 5.74) is 1.36. The SMILES string of the molecule is CN=C(NCCOC)N1CC2OCCN(Cc3ccccc3)C2C1.I. The van der Waals surface area contributed by atoms with Crippen LogP contribution in [0, 0.1) is 0 Å². The van der Waals surface area contributed by atoms with E-state index in [1.54, 1.807) is 7.11 Å². The number of aliphatic imine (C=N–C) groups is 1. The predicted octanol–water partition coefficient (Wildman–Crippen LogP) is 1.41. The van der Waals surface area contributed by atoms with Crippen LogP contribution in [0.15, 0.2) is 35.3 Å². The van der Waals surface area contributed by atoms with Crippen molar-refractivity contribution in [1.82, 2.24) is 15.1 Å². The molecule has 2 fully saturated rings. The second-order valence-corrected chi connectivity index (χ2v) is 6.30. The molecule has 2 aliphatic heterocycles. The maximum Gasteiger partial charge on any atom is 0.193 e. The minimum atomic E-state index is 0. The summed E-state index contributed by atoms with van der Waals surface area (Å²) in [5.74, 6) is 0.935. The Hall–Kier alpha value is -0.900. The molecule has 2 unspecified atom stereocenters. The quantitative estimate of drug-likeness (QED) is 0.312. The maximum atomic E-state index is 6.03. The molecule has 140 valence electrons. The molecular formula is C18H29IN4O2. The second-order valence-electron chi connectivity index (χ2n) is 6.30. The molecular weight excluding hydrogens is 431 g/mol. The third kappa shape index (κ3) is 5.29. The van der Waals surface area contributed by atoms with Crippen molar-refractivity contribution in [1.29, 1.82) is 0 Å². The lowest BCUT2D eigenvalue weighted by Gasteiger charge is -2.36. The van der Waals surface area contributed by atoms with Crippen molar-refractivity contribution in [3.05, 3.63) is 35.9 Å². The standard InChI is InChI=1S/C18H28N4O2.HI/c1-19-18(20-8-10-23-2)22-13-16-17(14-22)24-11-9-21(16)12-15-6-4-3-5-7-15;/h3-7,16-17H,8-14H2,1-2H3,(H,19,20);1H. The van der Waals surface area contributed by atoms with Gasteiger partial charge in [-0.25, -0.2) is 0 Å². The molecule has 3 rings (SSSR count). The van der Waals surface area contributed by atoms with Crippen LogP contribution in [0.25, 0.3) is 0 Å². The molecule has 1 aromatic carbocycles. The van der Waals surface area contributed by atoms with Gasteiger partial charge >= 0.3 is 0 Å². The minimum Gasteiger partial charge on any atom is -0.383 e. The summed E-state index contributed by atoms with van der Waals surface area (Å²) in [4.78, 5) is 9.26. The summed E-state index contributed by atoms with van der Waals surface area (Å²) in [6.07, 6.45) is 0.253. The molecule has 25 heavy (non-hydrogen) atoms. The van der Waals surface area contributed by atoms with Gasteiger partial charge in [0.1, 0.15) is 0 Å². The molecule has 7 heteroatoms. The number of nitrogens with one attached hydrogen (secondary N) is 1.